The third-order valence-electron chi connectivity index (χ3n) is 5.13. The Morgan fingerprint density at radius 3 is 2.42 bits per heavy atom. The average molecular weight is 459 g/mol. The highest BCUT2D eigenvalue weighted by atomic mass is 19.4. The van der Waals surface area contributed by atoms with Crippen molar-refractivity contribution < 1.29 is 17.9 Å². The second-order valence-corrected chi connectivity index (χ2v) is 7.87. The molecule has 2 aromatic carbocycles. The van der Waals surface area contributed by atoms with Gasteiger partial charge in [-0.3, -0.25) is 0 Å². The van der Waals surface area contributed by atoms with Crippen LogP contribution in [0.4, 0.5) is 36.3 Å². The Balaban J connectivity index is 1.82. The molecule has 0 spiro atoms. The topological polar surface area (TPSA) is 59.1 Å². The van der Waals surface area contributed by atoms with Crippen molar-refractivity contribution in [3.8, 4) is 5.75 Å². The molecule has 1 unspecified atom stereocenters. The van der Waals surface area contributed by atoms with Crippen molar-refractivity contribution in [2.24, 2.45) is 0 Å². The number of aromatic nitrogens is 2. The Bertz CT molecular complexity index is 1040. The highest BCUT2D eigenvalue weighted by Crippen LogP contribution is 2.35. The van der Waals surface area contributed by atoms with E-state index in [4.69, 9.17) is 4.74 Å². The van der Waals surface area contributed by atoms with E-state index in [9.17, 15) is 13.2 Å². The zero-order valence-corrected chi connectivity index (χ0v) is 19.0. The first-order chi connectivity index (χ1) is 15.8. The lowest BCUT2D eigenvalue weighted by Gasteiger charge is -2.16. The van der Waals surface area contributed by atoms with Crippen molar-refractivity contribution in [2.45, 2.75) is 58.7 Å². The number of halogens is 3. The molecule has 3 rings (SSSR count). The zero-order chi connectivity index (χ0) is 23.8. The van der Waals surface area contributed by atoms with Gasteiger partial charge in [0.2, 0.25) is 5.95 Å². The molecule has 3 aromatic rings. The van der Waals surface area contributed by atoms with Crippen LogP contribution in [-0.4, -0.2) is 16.1 Å². The highest BCUT2D eigenvalue weighted by Gasteiger charge is 2.35. The van der Waals surface area contributed by atoms with Crippen molar-refractivity contribution in [2.75, 3.05) is 10.6 Å². The van der Waals surface area contributed by atoms with Crippen LogP contribution in [0.2, 0.25) is 0 Å². The van der Waals surface area contributed by atoms with Gasteiger partial charge in [-0.15, -0.1) is 0 Å². The van der Waals surface area contributed by atoms with E-state index < -0.39 is 11.7 Å². The van der Waals surface area contributed by atoms with E-state index in [0.29, 0.717) is 17.1 Å². The number of aryl methyl sites for hydroxylation is 1. The lowest BCUT2D eigenvalue weighted by molar-refractivity contribution is -0.137. The number of unbranched alkanes of at least 4 members (excludes halogenated alkanes) is 1. The van der Waals surface area contributed by atoms with Crippen LogP contribution in [0.25, 0.3) is 0 Å². The summed E-state index contributed by atoms with van der Waals surface area (Å²) in [7, 11) is 0. The predicted octanol–water partition coefficient (Wildman–Crippen LogP) is 7.50. The molecule has 0 bridgehead atoms. The molecular weight excluding hydrogens is 429 g/mol. The fourth-order valence-corrected chi connectivity index (χ4v) is 3.13. The number of nitrogens with one attached hydrogen (secondary N) is 2. The van der Waals surface area contributed by atoms with Gasteiger partial charge in [-0.1, -0.05) is 32.4 Å². The lowest BCUT2D eigenvalue weighted by atomic mass is 10.1. The van der Waals surface area contributed by atoms with Crippen molar-refractivity contribution in [1.29, 1.82) is 0 Å². The minimum Gasteiger partial charge on any atom is -0.491 e. The largest absolute Gasteiger partial charge is 0.491 e. The maximum atomic E-state index is 13.6. The second-order valence-electron chi connectivity index (χ2n) is 7.87. The number of hydrogen-bond donors (Lipinski definition) is 2. The fourth-order valence-electron chi connectivity index (χ4n) is 3.13. The van der Waals surface area contributed by atoms with Crippen LogP contribution in [0.15, 0.2) is 54.7 Å². The molecule has 1 atom stereocenters. The summed E-state index contributed by atoms with van der Waals surface area (Å²) in [6, 6.07) is 14.5. The summed E-state index contributed by atoms with van der Waals surface area (Å²) in [6.45, 7) is 6.12. The van der Waals surface area contributed by atoms with Gasteiger partial charge in [0, 0.05) is 17.6 Å². The van der Waals surface area contributed by atoms with Crippen LogP contribution in [0.1, 0.15) is 51.2 Å². The van der Waals surface area contributed by atoms with Crippen LogP contribution in [0, 0.1) is 0 Å². The fraction of sp³-hybridized carbons (Fsp3) is 0.360. The van der Waals surface area contributed by atoms with E-state index >= 15 is 0 Å². The Morgan fingerprint density at radius 1 is 1.00 bits per heavy atom. The Labute approximate surface area is 192 Å². The first kappa shape index (κ1) is 24.4. The molecule has 0 aliphatic rings. The lowest BCUT2D eigenvalue weighted by Crippen LogP contribution is -2.12. The first-order valence-electron chi connectivity index (χ1n) is 11.1. The summed E-state index contributed by atoms with van der Waals surface area (Å²) in [4.78, 5) is 7.99. The van der Waals surface area contributed by atoms with E-state index in [2.05, 4.69) is 27.5 Å². The summed E-state index contributed by atoms with van der Waals surface area (Å²) < 4.78 is 46.5. The van der Waals surface area contributed by atoms with Gasteiger partial charge in [0.1, 0.15) is 17.1 Å². The van der Waals surface area contributed by atoms with E-state index in [1.165, 1.54) is 0 Å². The van der Waals surface area contributed by atoms with Gasteiger partial charge in [-0.2, -0.15) is 18.2 Å². The number of rotatable bonds is 10. The van der Waals surface area contributed by atoms with Gasteiger partial charge in [0.15, 0.2) is 0 Å². The number of hydrogen-bond acceptors (Lipinski definition) is 5. The van der Waals surface area contributed by atoms with Crippen LogP contribution < -0.4 is 15.4 Å². The molecule has 1 aromatic heterocycles. The molecular formula is C25H29F3N4O. The minimum absolute atomic E-state index is 0.0585. The molecule has 0 fully saturated rings. The third kappa shape index (κ3) is 7.10. The maximum Gasteiger partial charge on any atom is 0.421 e. The molecule has 0 saturated heterocycles. The SMILES string of the molecule is CCCCc1cccc(Nc2nc(Nc3ccc(OC(C)CC)cc3)ncc2C(F)(F)F)c1. The van der Waals surface area contributed by atoms with E-state index in [1.807, 2.05) is 32.0 Å². The van der Waals surface area contributed by atoms with Gasteiger partial charge < -0.3 is 15.4 Å². The molecule has 0 radical (unpaired) electrons. The zero-order valence-electron chi connectivity index (χ0n) is 19.0. The minimum atomic E-state index is -4.59. The van der Waals surface area contributed by atoms with Crippen molar-refractivity contribution in [1.82, 2.24) is 9.97 Å². The van der Waals surface area contributed by atoms with Gasteiger partial charge in [0.05, 0.1) is 6.10 Å². The standard InChI is InChI=1S/C25H29F3N4O/c1-4-6-8-18-9-7-10-20(15-18)30-23-22(25(26,27)28)16-29-24(32-23)31-19-11-13-21(14-12-19)33-17(3)5-2/h7,9-17H,4-6,8H2,1-3H3,(H2,29,30,31,32). The normalized spacial score (nSPS) is 12.3. The Hall–Kier alpha value is -3.29. The van der Waals surface area contributed by atoms with Crippen molar-refractivity contribution in [3.63, 3.8) is 0 Å². The van der Waals surface area contributed by atoms with E-state index in [-0.39, 0.29) is 17.9 Å². The number of nitrogens with zero attached hydrogens (tertiary/aromatic N) is 2. The summed E-state index contributed by atoms with van der Waals surface area (Å²) in [5, 5.41) is 5.79. The van der Waals surface area contributed by atoms with Crippen LogP contribution >= 0.6 is 0 Å². The maximum absolute atomic E-state index is 13.6. The average Bonchev–Trinajstić information content (AvgIpc) is 2.78. The number of benzene rings is 2. The van der Waals surface area contributed by atoms with Crippen molar-refractivity contribution in [3.05, 3.63) is 65.9 Å². The molecule has 0 saturated carbocycles. The first-order valence-corrected chi connectivity index (χ1v) is 11.1. The smallest absolute Gasteiger partial charge is 0.421 e. The second kappa shape index (κ2) is 11.0. The molecule has 0 aliphatic carbocycles. The van der Waals surface area contributed by atoms with Crippen LogP contribution in [-0.2, 0) is 12.6 Å². The molecule has 0 aliphatic heterocycles. The van der Waals surface area contributed by atoms with Crippen LogP contribution in [0.5, 0.6) is 5.75 Å². The summed E-state index contributed by atoms with van der Waals surface area (Å²) in [6.07, 6.45) is 0.106. The molecule has 8 heteroatoms. The van der Waals surface area contributed by atoms with E-state index in [0.717, 1.165) is 37.4 Å². The number of anilines is 4. The highest BCUT2D eigenvalue weighted by molar-refractivity contribution is 5.63. The summed E-state index contributed by atoms with van der Waals surface area (Å²) >= 11 is 0. The molecule has 0 amide bonds. The number of alkyl halides is 3. The third-order valence-corrected chi connectivity index (χ3v) is 5.13. The molecule has 176 valence electrons. The van der Waals surface area contributed by atoms with E-state index in [1.54, 1.807) is 30.3 Å². The van der Waals surface area contributed by atoms with Crippen molar-refractivity contribution >= 4 is 23.1 Å². The van der Waals surface area contributed by atoms with Gasteiger partial charge in [-0.05, 0) is 68.1 Å². The molecule has 33 heavy (non-hydrogen) atoms. The van der Waals surface area contributed by atoms with Gasteiger partial charge >= 0.3 is 6.18 Å². The molecule has 5 nitrogen and oxygen atoms in total. The molecule has 2 N–H and O–H groups in total. The molecule has 1 heterocycles. The quantitative estimate of drug-likeness (QED) is 0.329. The Morgan fingerprint density at radius 2 is 1.76 bits per heavy atom. The van der Waals surface area contributed by atoms with Gasteiger partial charge in [0.25, 0.3) is 0 Å². The number of ether oxygens (including phenoxy) is 1. The summed E-state index contributed by atoms with van der Waals surface area (Å²) in [5.41, 5.74) is 1.32. The predicted molar refractivity (Wildman–Crippen MR) is 125 cm³/mol. The van der Waals surface area contributed by atoms with Crippen LogP contribution in [0.3, 0.4) is 0 Å². The van der Waals surface area contributed by atoms with Gasteiger partial charge in [-0.25, -0.2) is 4.98 Å². The Kier molecular flexibility index (Phi) is 8.14. The summed E-state index contributed by atoms with van der Waals surface area (Å²) in [5.74, 6) is 0.473. The monoisotopic (exact) mass is 458 g/mol.